The van der Waals surface area contributed by atoms with Crippen LogP contribution in [0.15, 0.2) is 24.3 Å². The van der Waals surface area contributed by atoms with Crippen molar-refractivity contribution in [2.45, 2.75) is 32.7 Å². The van der Waals surface area contributed by atoms with Gasteiger partial charge in [0.05, 0.1) is 10.7 Å². The van der Waals surface area contributed by atoms with Crippen LogP contribution in [0.5, 0.6) is 0 Å². The third-order valence-corrected chi connectivity index (χ3v) is 3.68. The second-order valence-corrected chi connectivity index (χ2v) is 5.20. The van der Waals surface area contributed by atoms with Crippen molar-refractivity contribution in [1.82, 2.24) is 0 Å². The van der Waals surface area contributed by atoms with E-state index in [2.05, 4.69) is 19.2 Å². The van der Waals surface area contributed by atoms with Gasteiger partial charge < -0.3 is 5.32 Å². The molecule has 0 saturated heterocycles. The zero-order valence-corrected chi connectivity index (χ0v) is 10.1. The minimum absolute atomic E-state index is 0.622. The van der Waals surface area contributed by atoms with Gasteiger partial charge >= 0.3 is 0 Å². The van der Waals surface area contributed by atoms with Crippen LogP contribution >= 0.6 is 11.6 Å². The van der Waals surface area contributed by atoms with E-state index in [-0.39, 0.29) is 0 Å². The summed E-state index contributed by atoms with van der Waals surface area (Å²) in [6.07, 6.45) is 2.56. The number of rotatable bonds is 3. The quantitative estimate of drug-likeness (QED) is 0.811. The van der Waals surface area contributed by atoms with Gasteiger partial charge in [0.15, 0.2) is 0 Å². The Bertz CT molecular complexity index is 329. The van der Waals surface area contributed by atoms with Crippen LogP contribution in [0.1, 0.15) is 26.7 Å². The lowest BCUT2D eigenvalue weighted by atomic mass is 9.73. The normalized spacial score (nSPS) is 25.1. The van der Waals surface area contributed by atoms with E-state index >= 15 is 0 Å². The van der Waals surface area contributed by atoms with Gasteiger partial charge in [0.1, 0.15) is 0 Å². The van der Waals surface area contributed by atoms with Crippen LogP contribution in [0.2, 0.25) is 5.02 Å². The second-order valence-electron chi connectivity index (χ2n) is 4.80. The summed E-state index contributed by atoms with van der Waals surface area (Å²) in [6.45, 7) is 4.60. The van der Waals surface area contributed by atoms with Crippen LogP contribution in [0.3, 0.4) is 0 Å². The molecule has 0 atom stereocenters. The Balaban J connectivity index is 1.88. The Morgan fingerprint density at radius 3 is 2.53 bits per heavy atom. The Hall–Kier alpha value is -0.690. The smallest absolute Gasteiger partial charge is 0.0637 e. The van der Waals surface area contributed by atoms with Crippen LogP contribution in [0.4, 0.5) is 5.69 Å². The molecule has 0 unspecified atom stereocenters. The molecule has 82 valence electrons. The number of para-hydroxylation sites is 1. The minimum Gasteiger partial charge on any atom is -0.381 e. The van der Waals surface area contributed by atoms with E-state index in [1.165, 1.54) is 12.8 Å². The molecule has 1 aromatic rings. The maximum atomic E-state index is 6.09. The number of benzene rings is 1. The zero-order chi connectivity index (χ0) is 10.8. The summed E-state index contributed by atoms with van der Waals surface area (Å²) in [5.41, 5.74) is 1.08. The van der Waals surface area contributed by atoms with E-state index in [0.717, 1.165) is 22.5 Å². The number of anilines is 1. The summed E-state index contributed by atoms with van der Waals surface area (Å²) in [4.78, 5) is 0. The van der Waals surface area contributed by atoms with Crippen molar-refractivity contribution in [2.75, 3.05) is 5.32 Å². The summed E-state index contributed by atoms with van der Waals surface area (Å²) < 4.78 is 0. The first-order chi connectivity index (χ1) is 7.16. The predicted octanol–water partition coefficient (Wildman–Crippen LogP) is 4.19. The first-order valence-electron chi connectivity index (χ1n) is 5.68. The molecule has 1 saturated carbocycles. The maximum Gasteiger partial charge on any atom is 0.0637 e. The van der Waals surface area contributed by atoms with Gasteiger partial charge in [-0.3, -0.25) is 0 Å². The molecule has 0 spiro atoms. The maximum absolute atomic E-state index is 6.09. The highest BCUT2D eigenvalue weighted by Gasteiger charge is 2.31. The van der Waals surface area contributed by atoms with Crippen molar-refractivity contribution in [2.24, 2.45) is 11.8 Å². The third kappa shape index (κ3) is 2.46. The van der Waals surface area contributed by atoms with Gasteiger partial charge in [0.25, 0.3) is 0 Å². The summed E-state index contributed by atoms with van der Waals surface area (Å²) in [5, 5.41) is 4.32. The van der Waals surface area contributed by atoms with E-state index < -0.39 is 0 Å². The Kier molecular flexibility index (Phi) is 3.20. The molecule has 0 amide bonds. The van der Waals surface area contributed by atoms with Crippen molar-refractivity contribution >= 4 is 17.3 Å². The lowest BCUT2D eigenvalue weighted by Crippen LogP contribution is -2.37. The number of hydrogen-bond acceptors (Lipinski definition) is 1. The molecule has 1 aromatic carbocycles. The van der Waals surface area contributed by atoms with Crippen LogP contribution in [-0.4, -0.2) is 6.04 Å². The highest BCUT2D eigenvalue weighted by molar-refractivity contribution is 6.33. The highest BCUT2D eigenvalue weighted by Crippen LogP contribution is 2.36. The summed E-state index contributed by atoms with van der Waals surface area (Å²) in [5.74, 6) is 1.71. The van der Waals surface area contributed by atoms with Gasteiger partial charge in [0.2, 0.25) is 0 Å². The molecule has 1 nitrogen and oxygen atoms in total. The SMILES string of the molecule is CC(C)C1CC(Nc2ccccc2Cl)C1. The van der Waals surface area contributed by atoms with E-state index in [0.29, 0.717) is 6.04 Å². The largest absolute Gasteiger partial charge is 0.381 e. The Morgan fingerprint density at radius 2 is 1.93 bits per heavy atom. The lowest BCUT2D eigenvalue weighted by Gasteiger charge is -2.39. The second kappa shape index (κ2) is 4.44. The summed E-state index contributed by atoms with van der Waals surface area (Å²) in [6, 6.07) is 8.59. The van der Waals surface area contributed by atoms with E-state index in [4.69, 9.17) is 11.6 Å². The molecule has 15 heavy (non-hydrogen) atoms. The van der Waals surface area contributed by atoms with Gasteiger partial charge in [-0.25, -0.2) is 0 Å². The minimum atomic E-state index is 0.622. The van der Waals surface area contributed by atoms with Gasteiger partial charge in [-0.05, 0) is 36.8 Å². The molecule has 0 bridgehead atoms. The average molecular weight is 224 g/mol. The topological polar surface area (TPSA) is 12.0 Å². The van der Waals surface area contributed by atoms with Crippen molar-refractivity contribution in [3.8, 4) is 0 Å². The molecular formula is C13H18ClN. The summed E-state index contributed by atoms with van der Waals surface area (Å²) >= 11 is 6.09. The third-order valence-electron chi connectivity index (χ3n) is 3.35. The first kappa shape index (κ1) is 10.8. The van der Waals surface area contributed by atoms with Crippen molar-refractivity contribution in [1.29, 1.82) is 0 Å². The number of nitrogens with one attached hydrogen (secondary N) is 1. The molecule has 2 rings (SSSR count). The standard InChI is InChI=1S/C13H18ClN/c1-9(2)10-7-11(8-10)15-13-6-4-3-5-12(13)14/h3-6,9-11,15H,7-8H2,1-2H3. The average Bonchev–Trinajstić information content (AvgIpc) is 2.12. The zero-order valence-electron chi connectivity index (χ0n) is 9.33. The molecule has 1 aliphatic rings. The number of halogens is 1. The van der Waals surface area contributed by atoms with Gasteiger partial charge in [-0.15, -0.1) is 0 Å². The lowest BCUT2D eigenvalue weighted by molar-refractivity contribution is 0.212. The van der Waals surface area contributed by atoms with E-state index in [1.54, 1.807) is 0 Å². The predicted molar refractivity (Wildman–Crippen MR) is 66.4 cm³/mol. The van der Waals surface area contributed by atoms with E-state index in [1.807, 2.05) is 24.3 Å². The van der Waals surface area contributed by atoms with Gasteiger partial charge in [-0.2, -0.15) is 0 Å². The molecule has 0 heterocycles. The fourth-order valence-corrected chi connectivity index (χ4v) is 2.31. The monoisotopic (exact) mass is 223 g/mol. The molecule has 2 heteroatoms. The molecule has 0 aromatic heterocycles. The molecular weight excluding hydrogens is 206 g/mol. The summed E-state index contributed by atoms with van der Waals surface area (Å²) in [7, 11) is 0. The molecule has 0 radical (unpaired) electrons. The van der Waals surface area contributed by atoms with Gasteiger partial charge in [0, 0.05) is 6.04 Å². The van der Waals surface area contributed by atoms with Crippen LogP contribution in [0, 0.1) is 11.8 Å². The Labute approximate surface area is 96.8 Å². The van der Waals surface area contributed by atoms with E-state index in [9.17, 15) is 0 Å². The molecule has 1 N–H and O–H groups in total. The highest BCUT2D eigenvalue weighted by atomic mass is 35.5. The van der Waals surface area contributed by atoms with Crippen LogP contribution in [-0.2, 0) is 0 Å². The fraction of sp³-hybridized carbons (Fsp3) is 0.538. The molecule has 1 fully saturated rings. The van der Waals surface area contributed by atoms with Crippen molar-refractivity contribution < 1.29 is 0 Å². The number of hydrogen-bond donors (Lipinski definition) is 1. The van der Waals surface area contributed by atoms with Crippen LogP contribution < -0.4 is 5.32 Å². The Morgan fingerprint density at radius 1 is 1.27 bits per heavy atom. The van der Waals surface area contributed by atoms with Crippen LogP contribution in [0.25, 0.3) is 0 Å². The molecule has 1 aliphatic carbocycles. The first-order valence-corrected chi connectivity index (χ1v) is 6.05. The van der Waals surface area contributed by atoms with Gasteiger partial charge in [-0.1, -0.05) is 37.6 Å². The van der Waals surface area contributed by atoms with Crippen molar-refractivity contribution in [3.63, 3.8) is 0 Å². The van der Waals surface area contributed by atoms with Crippen molar-refractivity contribution in [3.05, 3.63) is 29.3 Å². The fourth-order valence-electron chi connectivity index (χ4n) is 2.12. The molecule has 0 aliphatic heterocycles.